The molecule has 0 aliphatic heterocycles. The molecular formula is C20H17ClN2O3. The summed E-state index contributed by atoms with van der Waals surface area (Å²) in [7, 11) is 0. The highest BCUT2D eigenvalue weighted by molar-refractivity contribution is 6.30. The topological polar surface area (TPSA) is 60.3 Å². The minimum absolute atomic E-state index is 0.000769. The van der Waals surface area contributed by atoms with Crippen LogP contribution >= 0.6 is 11.6 Å². The number of nitrogens with zero attached hydrogens (tertiary/aromatic N) is 1. The summed E-state index contributed by atoms with van der Waals surface area (Å²) < 4.78 is 1.05. The van der Waals surface area contributed by atoms with E-state index in [1.165, 1.54) is 12.3 Å². The van der Waals surface area contributed by atoms with Crippen molar-refractivity contribution in [2.75, 3.05) is 5.32 Å². The van der Waals surface area contributed by atoms with E-state index >= 15 is 0 Å². The second-order valence-corrected chi connectivity index (χ2v) is 6.21. The average molecular weight is 369 g/mol. The largest absolute Gasteiger partial charge is 0.406 e. The quantitative estimate of drug-likeness (QED) is 0.747. The summed E-state index contributed by atoms with van der Waals surface area (Å²) in [6.07, 6.45) is 1.47. The number of amides is 1. The first-order valence-corrected chi connectivity index (χ1v) is 8.38. The first-order valence-electron chi connectivity index (χ1n) is 8.00. The van der Waals surface area contributed by atoms with Gasteiger partial charge in [-0.05, 0) is 48.9 Å². The normalized spacial score (nSPS) is 10.4. The maximum atomic E-state index is 12.5. The van der Waals surface area contributed by atoms with Crippen LogP contribution in [0.3, 0.4) is 0 Å². The van der Waals surface area contributed by atoms with Gasteiger partial charge in [-0.15, -0.1) is 0 Å². The third-order valence-corrected chi connectivity index (χ3v) is 3.96. The molecule has 1 heterocycles. The molecule has 1 amide bonds. The van der Waals surface area contributed by atoms with Gasteiger partial charge in [0, 0.05) is 16.9 Å². The molecule has 0 aliphatic carbocycles. The minimum atomic E-state index is -0.529. The number of rotatable bonds is 5. The Bertz CT molecular complexity index is 981. The van der Waals surface area contributed by atoms with Gasteiger partial charge in [-0.25, -0.2) is 0 Å². The van der Waals surface area contributed by atoms with Gasteiger partial charge in [-0.3, -0.25) is 9.59 Å². The summed E-state index contributed by atoms with van der Waals surface area (Å²) >= 11 is 5.93. The minimum Gasteiger partial charge on any atom is -0.406 e. The molecule has 2 aromatic carbocycles. The van der Waals surface area contributed by atoms with Crippen molar-refractivity contribution in [3.8, 4) is 0 Å². The Morgan fingerprint density at radius 1 is 1.12 bits per heavy atom. The van der Waals surface area contributed by atoms with Crippen LogP contribution in [0.15, 0.2) is 71.7 Å². The molecule has 0 aliphatic rings. The van der Waals surface area contributed by atoms with E-state index in [1.54, 1.807) is 36.4 Å². The lowest BCUT2D eigenvalue weighted by molar-refractivity contribution is 0.0863. The van der Waals surface area contributed by atoms with Gasteiger partial charge in [0.15, 0.2) is 0 Å². The molecule has 26 heavy (non-hydrogen) atoms. The van der Waals surface area contributed by atoms with Crippen molar-refractivity contribution >= 4 is 23.2 Å². The molecule has 0 saturated heterocycles. The fourth-order valence-electron chi connectivity index (χ4n) is 2.36. The number of carbonyl (C=O) groups is 1. The van der Waals surface area contributed by atoms with Crippen LogP contribution in [0, 0.1) is 6.92 Å². The Morgan fingerprint density at radius 3 is 2.62 bits per heavy atom. The maximum Gasteiger partial charge on any atom is 0.295 e. The van der Waals surface area contributed by atoms with Gasteiger partial charge in [-0.2, -0.15) is 4.73 Å². The molecule has 0 bridgehead atoms. The first-order chi connectivity index (χ1) is 12.5. The molecule has 1 aromatic heterocycles. The number of benzene rings is 2. The number of pyridine rings is 1. The molecule has 3 aromatic rings. The summed E-state index contributed by atoms with van der Waals surface area (Å²) in [6, 6.07) is 17.5. The number of aromatic nitrogens is 1. The van der Waals surface area contributed by atoms with E-state index < -0.39 is 11.5 Å². The molecular weight excluding hydrogens is 352 g/mol. The molecule has 0 atom stereocenters. The van der Waals surface area contributed by atoms with Gasteiger partial charge >= 0.3 is 0 Å². The van der Waals surface area contributed by atoms with Crippen LogP contribution in [0.2, 0.25) is 5.02 Å². The van der Waals surface area contributed by atoms with E-state index in [9.17, 15) is 9.59 Å². The van der Waals surface area contributed by atoms with E-state index in [1.807, 2.05) is 25.1 Å². The molecule has 0 fully saturated rings. The Morgan fingerprint density at radius 2 is 1.88 bits per heavy atom. The molecule has 1 N–H and O–H groups in total. The van der Waals surface area contributed by atoms with E-state index in [-0.39, 0.29) is 12.2 Å². The summed E-state index contributed by atoms with van der Waals surface area (Å²) in [5.41, 5.74) is 1.99. The summed E-state index contributed by atoms with van der Waals surface area (Å²) in [5.74, 6) is -0.487. The second-order valence-electron chi connectivity index (χ2n) is 5.78. The predicted octanol–water partition coefficient (Wildman–Crippen LogP) is 3.69. The number of nitrogens with one attached hydrogen (secondary N) is 1. The van der Waals surface area contributed by atoms with E-state index in [4.69, 9.17) is 16.4 Å². The van der Waals surface area contributed by atoms with Crippen LogP contribution in [-0.2, 0) is 6.61 Å². The molecule has 0 unspecified atom stereocenters. The second kappa shape index (κ2) is 7.89. The predicted molar refractivity (Wildman–Crippen MR) is 102 cm³/mol. The van der Waals surface area contributed by atoms with Gasteiger partial charge in [0.1, 0.15) is 12.2 Å². The molecule has 0 saturated carbocycles. The van der Waals surface area contributed by atoms with E-state index in [0.717, 1.165) is 15.9 Å². The number of halogens is 1. The first kappa shape index (κ1) is 17.8. The van der Waals surface area contributed by atoms with Crippen LogP contribution in [0.4, 0.5) is 5.69 Å². The van der Waals surface area contributed by atoms with Crippen LogP contribution in [0.1, 0.15) is 21.5 Å². The third-order valence-electron chi connectivity index (χ3n) is 3.73. The molecule has 0 spiro atoms. The summed E-state index contributed by atoms with van der Waals surface area (Å²) in [6.45, 7) is 2.11. The SMILES string of the molecule is Cc1ccc(NC(=O)c2cccn(OCc3cccc(Cl)c3)c2=O)cc1. The van der Waals surface area contributed by atoms with Crippen molar-refractivity contribution in [3.63, 3.8) is 0 Å². The standard InChI is InChI=1S/C20H17ClN2O3/c1-14-7-9-17(10-8-14)22-19(24)18-6-3-11-23(20(18)25)26-13-15-4-2-5-16(21)12-15/h2-12H,13H2,1H3,(H,22,24). The van der Waals surface area contributed by atoms with Crippen LogP contribution < -0.4 is 15.7 Å². The van der Waals surface area contributed by atoms with Gasteiger partial charge in [0.05, 0.1) is 0 Å². The smallest absolute Gasteiger partial charge is 0.295 e. The molecule has 6 heteroatoms. The zero-order valence-corrected chi connectivity index (χ0v) is 14.9. The van der Waals surface area contributed by atoms with Crippen molar-refractivity contribution < 1.29 is 9.63 Å². The van der Waals surface area contributed by atoms with Crippen molar-refractivity contribution in [2.24, 2.45) is 0 Å². The van der Waals surface area contributed by atoms with Gasteiger partial charge in [-0.1, -0.05) is 41.4 Å². The number of carbonyl (C=O) groups excluding carboxylic acids is 1. The van der Waals surface area contributed by atoms with Gasteiger partial charge in [0.25, 0.3) is 11.5 Å². The fourth-order valence-corrected chi connectivity index (χ4v) is 2.57. The van der Waals surface area contributed by atoms with Crippen LogP contribution in [-0.4, -0.2) is 10.6 Å². The maximum absolute atomic E-state index is 12.5. The third kappa shape index (κ3) is 4.32. The van der Waals surface area contributed by atoms with Crippen LogP contribution in [0.25, 0.3) is 0 Å². The van der Waals surface area contributed by atoms with Crippen LogP contribution in [0.5, 0.6) is 0 Å². The van der Waals surface area contributed by atoms with Gasteiger partial charge in [0.2, 0.25) is 0 Å². The molecule has 132 valence electrons. The van der Waals surface area contributed by atoms with E-state index in [0.29, 0.717) is 10.7 Å². The number of anilines is 1. The van der Waals surface area contributed by atoms with Crippen molar-refractivity contribution in [2.45, 2.75) is 13.5 Å². The number of aryl methyl sites for hydroxylation is 1. The average Bonchev–Trinajstić information content (AvgIpc) is 2.63. The lowest BCUT2D eigenvalue weighted by atomic mass is 10.2. The summed E-state index contributed by atoms with van der Waals surface area (Å²) in [4.78, 5) is 30.4. The lowest BCUT2D eigenvalue weighted by Gasteiger charge is -2.10. The van der Waals surface area contributed by atoms with Crippen molar-refractivity contribution in [1.29, 1.82) is 0 Å². The fraction of sp³-hybridized carbons (Fsp3) is 0.100. The lowest BCUT2D eigenvalue weighted by Crippen LogP contribution is -2.32. The van der Waals surface area contributed by atoms with E-state index in [2.05, 4.69) is 5.32 Å². The Balaban J connectivity index is 1.75. The zero-order chi connectivity index (χ0) is 18.5. The zero-order valence-electron chi connectivity index (χ0n) is 14.1. The highest BCUT2D eigenvalue weighted by atomic mass is 35.5. The molecule has 3 rings (SSSR count). The molecule has 0 radical (unpaired) electrons. The monoisotopic (exact) mass is 368 g/mol. The molecule has 5 nitrogen and oxygen atoms in total. The number of hydrogen-bond donors (Lipinski definition) is 1. The Hall–Kier alpha value is -3.05. The highest BCUT2D eigenvalue weighted by Crippen LogP contribution is 2.11. The number of hydrogen-bond acceptors (Lipinski definition) is 3. The van der Waals surface area contributed by atoms with Crippen molar-refractivity contribution in [1.82, 2.24) is 4.73 Å². The van der Waals surface area contributed by atoms with Crippen molar-refractivity contribution in [3.05, 3.63) is 98.9 Å². The Labute approximate surface area is 155 Å². The highest BCUT2D eigenvalue weighted by Gasteiger charge is 2.13. The summed E-state index contributed by atoms with van der Waals surface area (Å²) in [5, 5.41) is 3.30. The Kier molecular flexibility index (Phi) is 5.39. The van der Waals surface area contributed by atoms with Gasteiger partial charge < -0.3 is 10.2 Å².